The summed E-state index contributed by atoms with van der Waals surface area (Å²) in [7, 11) is 1.24. The molecule has 0 saturated heterocycles. The molecule has 8 nitrogen and oxygen atoms in total. The Morgan fingerprint density at radius 2 is 1.22 bits per heavy atom. The van der Waals surface area contributed by atoms with E-state index in [1.54, 1.807) is 6.08 Å². The van der Waals surface area contributed by atoms with Crippen LogP contribution in [0, 0.1) is 0 Å². The van der Waals surface area contributed by atoms with Crippen LogP contribution in [0.3, 0.4) is 0 Å². The van der Waals surface area contributed by atoms with Gasteiger partial charge in [0.25, 0.3) is 7.82 Å². The third-order valence-corrected chi connectivity index (χ3v) is 9.13. The molecule has 0 aromatic heterocycles. The molecule has 0 aromatic rings. The fourth-order valence-electron chi connectivity index (χ4n) is 5.11. The summed E-state index contributed by atoms with van der Waals surface area (Å²) in [6.07, 6.45) is 32.2. The summed E-state index contributed by atoms with van der Waals surface area (Å²) in [5.74, 6) is -0.211. The van der Waals surface area contributed by atoms with Crippen molar-refractivity contribution in [2.45, 2.75) is 167 Å². The van der Waals surface area contributed by atoms with Crippen LogP contribution in [0.1, 0.15) is 155 Å². The molecule has 0 rings (SSSR count). The number of nitrogens with zero attached hydrogens (tertiary/aromatic N) is 1. The number of allylic oxidation sites excluding steroid dienone is 3. The quantitative estimate of drug-likeness (QED) is 0.0312. The van der Waals surface area contributed by atoms with Crippen LogP contribution in [0.4, 0.5) is 0 Å². The number of aliphatic hydroxyl groups is 1. The first-order valence-corrected chi connectivity index (χ1v) is 20.2. The molecule has 0 aliphatic carbocycles. The number of likely N-dealkylation sites (N-methyl/N-ethyl adjacent to an activating group) is 1. The maximum absolute atomic E-state index is 12.7. The van der Waals surface area contributed by atoms with Crippen LogP contribution in [0.15, 0.2) is 24.3 Å². The van der Waals surface area contributed by atoms with Crippen LogP contribution in [-0.2, 0) is 18.4 Å². The number of phosphoric ester groups is 1. The van der Waals surface area contributed by atoms with E-state index in [-0.39, 0.29) is 19.1 Å². The number of aliphatic hydroxyl groups excluding tert-OH is 1. The molecule has 9 heteroatoms. The smallest absolute Gasteiger partial charge is 0.268 e. The van der Waals surface area contributed by atoms with Gasteiger partial charge in [-0.2, -0.15) is 0 Å². The summed E-state index contributed by atoms with van der Waals surface area (Å²) in [4.78, 5) is 25.1. The van der Waals surface area contributed by atoms with Gasteiger partial charge in [0.05, 0.1) is 39.9 Å². The topological polar surface area (TPSA) is 108 Å². The highest BCUT2D eigenvalue weighted by molar-refractivity contribution is 7.45. The van der Waals surface area contributed by atoms with E-state index in [2.05, 4.69) is 31.3 Å². The molecule has 0 fully saturated rings. The molecule has 0 aromatic carbocycles. The first kappa shape index (κ1) is 45.0. The SMILES string of the molecule is CCCCCCCC/C=C/CC/C=C/C(O)C(COP(=O)([O-])OCC[N+](C)(C)C)NC(=O)CCCCCCCCCCCCCC. The van der Waals surface area contributed by atoms with Gasteiger partial charge in [-0.1, -0.05) is 141 Å². The lowest BCUT2D eigenvalue weighted by Gasteiger charge is -2.29. The monoisotopic (exact) mass is 673 g/mol. The highest BCUT2D eigenvalue weighted by atomic mass is 31.2. The zero-order valence-electron chi connectivity index (χ0n) is 30.5. The third kappa shape index (κ3) is 31.6. The van der Waals surface area contributed by atoms with Crippen molar-refractivity contribution in [3.8, 4) is 0 Å². The number of carbonyl (C=O) groups excluding carboxylic acids is 1. The molecule has 0 spiro atoms. The summed E-state index contributed by atoms with van der Waals surface area (Å²) in [5, 5.41) is 13.6. The summed E-state index contributed by atoms with van der Waals surface area (Å²) in [6, 6.07) is -0.895. The highest BCUT2D eigenvalue weighted by Gasteiger charge is 2.23. The normalized spacial score (nSPS) is 15.0. The zero-order chi connectivity index (χ0) is 34.4. The van der Waals surface area contributed by atoms with Crippen molar-refractivity contribution in [3.05, 3.63) is 24.3 Å². The van der Waals surface area contributed by atoms with Crippen molar-refractivity contribution in [2.24, 2.45) is 0 Å². The van der Waals surface area contributed by atoms with E-state index < -0.39 is 20.0 Å². The highest BCUT2D eigenvalue weighted by Crippen LogP contribution is 2.38. The minimum absolute atomic E-state index is 0.00487. The molecule has 2 N–H and O–H groups in total. The van der Waals surface area contributed by atoms with Crippen LogP contribution in [0.2, 0.25) is 0 Å². The number of phosphoric acid groups is 1. The van der Waals surface area contributed by atoms with Gasteiger partial charge in [-0.05, 0) is 32.1 Å². The standard InChI is InChI=1S/C37H73N2O6P/c1-6-8-10-12-14-16-18-20-22-24-26-28-30-36(40)35(34-45-46(42,43)44-33-32-39(3,4)5)38-37(41)31-29-27-25-23-21-19-17-15-13-11-9-7-2/h20,22,28,30,35-36,40H,6-19,21,23-27,29,31-34H2,1-5H3,(H-,38,41,42,43)/b22-20+,30-28+. The number of quaternary nitrogens is 1. The number of hydrogen-bond acceptors (Lipinski definition) is 6. The molecule has 3 atom stereocenters. The molecule has 0 radical (unpaired) electrons. The van der Waals surface area contributed by atoms with E-state index in [0.29, 0.717) is 17.4 Å². The van der Waals surface area contributed by atoms with Gasteiger partial charge in [0.1, 0.15) is 13.2 Å². The summed E-state index contributed by atoms with van der Waals surface area (Å²) in [5.41, 5.74) is 0. The van der Waals surface area contributed by atoms with E-state index in [0.717, 1.165) is 38.5 Å². The Morgan fingerprint density at radius 3 is 1.76 bits per heavy atom. The van der Waals surface area contributed by atoms with Crippen molar-refractivity contribution in [1.29, 1.82) is 0 Å². The van der Waals surface area contributed by atoms with Crippen molar-refractivity contribution < 1.29 is 32.9 Å². The van der Waals surface area contributed by atoms with Gasteiger partial charge in [0.15, 0.2) is 0 Å². The number of amides is 1. The van der Waals surface area contributed by atoms with Crippen molar-refractivity contribution in [1.82, 2.24) is 5.32 Å². The maximum Gasteiger partial charge on any atom is 0.268 e. The van der Waals surface area contributed by atoms with Gasteiger partial charge >= 0.3 is 0 Å². The number of hydrogen-bond donors (Lipinski definition) is 2. The molecule has 0 saturated carbocycles. The van der Waals surface area contributed by atoms with E-state index >= 15 is 0 Å². The zero-order valence-corrected chi connectivity index (χ0v) is 31.4. The first-order chi connectivity index (χ1) is 22.0. The predicted octanol–water partition coefficient (Wildman–Crippen LogP) is 8.77. The van der Waals surface area contributed by atoms with Crippen LogP contribution >= 0.6 is 7.82 Å². The number of rotatable bonds is 33. The first-order valence-electron chi connectivity index (χ1n) is 18.7. The number of carbonyl (C=O) groups is 1. The second-order valence-electron chi connectivity index (χ2n) is 13.9. The van der Waals surface area contributed by atoms with Gasteiger partial charge in [-0.3, -0.25) is 9.36 Å². The second-order valence-corrected chi connectivity index (χ2v) is 15.3. The van der Waals surface area contributed by atoms with Gasteiger partial charge < -0.3 is 28.8 Å². The number of unbranched alkanes of at least 4 members (excludes halogenated alkanes) is 18. The van der Waals surface area contributed by atoms with Gasteiger partial charge in [-0.25, -0.2) is 0 Å². The molecule has 272 valence electrons. The minimum atomic E-state index is -4.58. The van der Waals surface area contributed by atoms with Gasteiger partial charge in [-0.15, -0.1) is 0 Å². The largest absolute Gasteiger partial charge is 0.756 e. The molecule has 0 aliphatic rings. The lowest BCUT2D eigenvalue weighted by atomic mass is 10.0. The Bertz CT molecular complexity index is 814. The fourth-order valence-corrected chi connectivity index (χ4v) is 5.83. The molecular formula is C37H73N2O6P. The van der Waals surface area contributed by atoms with Gasteiger partial charge in [0.2, 0.25) is 5.91 Å². The Kier molecular flexibility index (Phi) is 29.4. The average Bonchev–Trinajstić information content (AvgIpc) is 2.99. The molecule has 0 bridgehead atoms. The lowest BCUT2D eigenvalue weighted by molar-refractivity contribution is -0.870. The van der Waals surface area contributed by atoms with E-state index in [1.807, 2.05) is 27.2 Å². The van der Waals surface area contributed by atoms with E-state index in [1.165, 1.54) is 96.3 Å². The molecule has 46 heavy (non-hydrogen) atoms. The summed E-state index contributed by atoms with van der Waals surface area (Å²) >= 11 is 0. The fraction of sp³-hybridized carbons (Fsp3) is 0.865. The van der Waals surface area contributed by atoms with E-state index in [9.17, 15) is 19.4 Å². The lowest BCUT2D eigenvalue weighted by Crippen LogP contribution is -2.45. The average molecular weight is 673 g/mol. The molecule has 0 heterocycles. The van der Waals surface area contributed by atoms with Crippen LogP contribution in [0.25, 0.3) is 0 Å². The Balaban J connectivity index is 4.61. The van der Waals surface area contributed by atoms with Crippen molar-refractivity contribution in [2.75, 3.05) is 40.9 Å². The minimum Gasteiger partial charge on any atom is -0.756 e. The maximum atomic E-state index is 12.7. The predicted molar refractivity (Wildman–Crippen MR) is 192 cm³/mol. The Labute approximate surface area is 284 Å². The molecular weight excluding hydrogens is 599 g/mol. The van der Waals surface area contributed by atoms with Crippen molar-refractivity contribution >= 4 is 13.7 Å². The van der Waals surface area contributed by atoms with Crippen LogP contribution < -0.4 is 10.2 Å². The second kappa shape index (κ2) is 30.1. The Morgan fingerprint density at radius 1 is 0.739 bits per heavy atom. The van der Waals surface area contributed by atoms with Crippen LogP contribution in [-0.4, -0.2) is 68.5 Å². The molecule has 0 aliphatic heterocycles. The molecule has 1 amide bonds. The van der Waals surface area contributed by atoms with Gasteiger partial charge in [0, 0.05) is 6.42 Å². The summed E-state index contributed by atoms with van der Waals surface area (Å²) < 4.78 is 23.0. The molecule has 3 unspecified atom stereocenters. The van der Waals surface area contributed by atoms with E-state index in [4.69, 9.17) is 9.05 Å². The van der Waals surface area contributed by atoms with Crippen molar-refractivity contribution in [3.63, 3.8) is 0 Å². The third-order valence-electron chi connectivity index (χ3n) is 8.16. The summed E-state index contributed by atoms with van der Waals surface area (Å²) in [6.45, 7) is 4.58. The Hall–Kier alpha value is -1.02. The number of nitrogens with one attached hydrogen (secondary N) is 1. The van der Waals surface area contributed by atoms with Crippen LogP contribution in [0.5, 0.6) is 0 Å².